The largest absolute Gasteiger partial charge is 0.106 e. The maximum absolute atomic E-state index is 3.73. The van der Waals surface area contributed by atoms with E-state index in [0.29, 0.717) is 5.92 Å². The Kier molecular flexibility index (Phi) is 60.7. The molecule has 0 aromatic rings. The molecule has 0 aromatic carbocycles. The van der Waals surface area contributed by atoms with Crippen LogP contribution in [0, 0.1) is 5.92 Å². The number of rotatable bonds is 7. The van der Waals surface area contributed by atoms with E-state index in [0.717, 1.165) is 12.8 Å². The second-order valence-electron chi connectivity index (χ2n) is 4.39. The lowest BCUT2D eigenvalue weighted by Crippen LogP contribution is -1.94. The average molecular weight is 335 g/mol. The van der Waals surface area contributed by atoms with Gasteiger partial charge < -0.3 is 0 Å². The minimum atomic E-state index is 0.656. The maximum atomic E-state index is 3.73. The molecule has 0 nitrogen and oxygen atoms in total. The average Bonchev–Trinajstić information content (AvgIpc) is 2.61. The summed E-state index contributed by atoms with van der Waals surface area (Å²) in [5, 5.41) is 0. The van der Waals surface area contributed by atoms with Gasteiger partial charge in [-0.2, -0.15) is 0 Å². The van der Waals surface area contributed by atoms with Crippen LogP contribution in [0.25, 0.3) is 0 Å². The molecule has 0 heteroatoms. The van der Waals surface area contributed by atoms with Crippen molar-refractivity contribution < 1.29 is 0 Å². The third-order valence-corrected chi connectivity index (χ3v) is 2.11. The number of hydrogen-bond acceptors (Lipinski definition) is 0. The third kappa shape index (κ3) is 42.8. The van der Waals surface area contributed by atoms with Crippen LogP contribution in [0.5, 0.6) is 0 Å². The van der Waals surface area contributed by atoms with E-state index in [1.807, 2.05) is 52.8 Å². The van der Waals surface area contributed by atoms with Crippen LogP contribution in [0.2, 0.25) is 0 Å². The molecule has 0 aliphatic rings. The highest BCUT2D eigenvalue weighted by Crippen LogP contribution is 2.16. The molecule has 0 amide bonds. The zero-order chi connectivity index (χ0) is 20.2. The van der Waals surface area contributed by atoms with Gasteiger partial charge in [0.15, 0.2) is 0 Å². The fraction of sp³-hybridized carbons (Fsp3) is 0.500. The Hall–Kier alpha value is -1.56. The molecule has 0 saturated heterocycles. The van der Waals surface area contributed by atoms with Crippen molar-refractivity contribution in [2.45, 2.75) is 74.7 Å². The van der Waals surface area contributed by atoms with E-state index in [-0.39, 0.29) is 0 Å². The molecule has 24 heavy (non-hydrogen) atoms. The molecule has 0 spiro atoms. The van der Waals surface area contributed by atoms with Crippen LogP contribution < -0.4 is 0 Å². The van der Waals surface area contributed by atoms with Crippen molar-refractivity contribution in [1.82, 2.24) is 0 Å². The topological polar surface area (TPSA) is 0 Å². The summed E-state index contributed by atoms with van der Waals surface area (Å²) in [6.07, 6.45) is 17.6. The zero-order valence-electron chi connectivity index (χ0n) is 18.1. The third-order valence-electron chi connectivity index (χ3n) is 2.11. The normalized spacial score (nSPS) is 10.6. The van der Waals surface area contributed by atoms with Crippen molar-refractivity contribution in [2.75, 3.05) is 0 Å². The van der Waals surface area contributed by atoms with Gasteiger partial charge in [-0.3, -0.25) is 0 Å². The zero-order valence-corrected chi connectivity index (χ0v) is 18.1. The van der Waals surface area contributed by atoms with Gasteiger partial charge in [0.25, 0.3) is 0 Å². The molecular formula is C24H46. The Morgan fingerprint density at radius 1 is 0.958 bits per heavy atom. The van der Waals surface area contributed by atoms with Crippen LogP contribution >= 0.6 is 0 Å². The van der Waals surface area contributed by atoms with Gasteiger partial charge in [-0.05, 0) is 31.3 Å². The van der Waals surface area contributed by atoms with Gasteiger partial charge in [-0.15, -0.1) is 13.2 Å². The van der Waals surface area contributed by atoms with E-state index in [2.05, 4.69) is 71.4 Å². The fourth-order valence-electron chi connectivity index (χ4n) is 1.45. The predicted molar refractivity (Wildman–Crippen MR) is 121 cm³/mol. The summed E-state index contributed by atoms with van der Waals surface area (Å²) in [7, 11) is 0. The highest BCUT2D eigenvalue weighted by Gasteiger charge is 2.01. The molecule has 0 aliphatic carbocycles. The standard InChI is InChI=1S/C15H22.C3H8.2C2H6.C2H4/c1-5-8-9-12-14(4)13-15(10-6-2)11-7-3;1-3-2;3*1-2/h5-11,14H,1-2,12-13H2,3-4H3;3H2,1-2H3;2*1-2H3;1-2H2/b9-8-,11-7-,15-10+;;;;. The van der Waals surface area contributed by atoms with E-state index in [1.165, 1.54) is 12.0 Å². The summed E-state index contributed by atoms with van der Waals surface area (Å²) >= 11 is 0. The quantitative estimate of drug-likeness (QED) is 0.321. The maximum Gasteiger partial charge on any atom is -0.0250 e. The van der Waals surface area contributed by atoms with Crippen molar-refractivity contribution >= 4 is 0 Å². The second kappa shape index (κ2) is 43.0. The molecule has 0 radical (unpaired) electrons. The van der Waals surface area contributed by atoms with E-state index in [4.69, 9.17) is 0 Å². The Morgan fingerprint density at radius 2 is 1.42 bits per heavy atom. The predicted octanol–water partition coefficient (Wildman–Crippen LogP) is 9.10. The van der Waals surface area contributed by atoms with Crippen molar-refractivity contribution in [2.24, 2.45) is 5.92 Å². The highest BCUT2D eigenvalue weighted by atomic mass is 14.1. The van der Waals surface area contributed by atoms with Crippen molar-refractivity contribution in [3.63, 3.8) is 0 Å². The summed E-state index contributed by atoms with van der Waals surface area (Å²) in [6.45, 7) is 29.9. The van der Waals surface area contributed by atoms with Crippen LogP contribution in [0.4, 0.5) is 0 Å². The lowest BCUT2D eigenvalue weighted by Gasteiger charge is -2.08. The number of hydrogen-bond donors (Lipinski definition) is 0. The van der Waals surface area contributed by atoms with Gasteiger partial charge >= 0.3 is 0 Å². The van der Waals surface area contributed by atoms with E-state index >= 15 is 0 Å². The van der Waals surface area contributed by atoms with Crippen LogP contribution in [0.3, 0.4) is 0 Å². The molecular weight excluding hydrogens is 288 g/mol. The first-order valence-electron chi connectivity index (χ1n) is 9.37. The van der Waals surface area contributed by atoms with E-state index in [1.54, 1.807) is 0 Å². The minimum Gasteiger partial charge on any atom is -0.106 e. The van der Waals surface area contributed by atoms with Gasteiger partial charge in [0, 0.05) is 0 Å². The van der Waals surface area contributed by atoms with Crippen LogP contribution in [-0.4, -0.2) is 0 Å². The smallest absolute Gasteiger partial charge is 0.0250 e. The molecule has 1 unspecified atom stereocenters. The van der Waals surface area contributed by atoms with E-state index < -0.39 is 0 Å². The first-order chi connectivity index (χ1) is 11.7. The molecule has 142 valence electrons. The molecule has 0 aliphatic heterocycles. The van der Waals surface area contributed by atoms with Gasteiger partial charge in [-0.1, -0.05) is 111 Å². The van der Waals surface area contributed by atoms with Crippen molar-refractivity contribution in [3.05, 3.63) is 74.4 Å². The summed E-state index contributed by atoms with van der Waals surface area (Å²) < 4.78 is 0. The van der Waals surface area contributed by atoms with Gasteiger partial charge in [0.2, 0.25) is 0 Å². The number of allylic oxidation sites excluding steroid dienone is 8. The van der Waals surface area contributed by atoms with Gasteiger partial charge in [-0.25, -0.2) is 0 Å². The fourth-order valence-corrected chi connectivity index (χ4v) is 1.45. The molecule has 0 heterocycles. The molecule has 0 rings (SSSR count). The minimum absolute atomic E-state index is 0.656. The van der Waals surface area contributed by atoms with Crippen LogP contribution in [0.15, 0.2) is 74.4 Å². The van der Waals surface area contributed by atoms with Gasteiger partial charge in [0.05, 0.1) is 0 Å². The molecule has 0 N–H and O–H groups in total. The van der Waals surface area contributed by atoms with Crippen LogP contribution in [0.1, 0.15) is 74.7 Å². The summed E-state index contributed by atoms with van der Waals surface area (Å²) in [5.74, 6) is 0.656. The summed E-state index contributed by atoms with van der Waals surface area (Å²) in [5.41, 5.74) is 1.34. The lowest BCUT2D eigenvalue weighted by molar-refractivity contribution is 0.592. The monoisotopic (exact) mass is 334 g/mol. The molecule has 0 saturated carbocycles. The Bertz CT molecular complexity index is 289. The van der Waals surface area contributed by atoms with Crippen molar-refractivity contribution in [3.8, 4) is 0 Å². The molecule has 0 bridgehead atoms. The Morgan fingerprint density at radius 3 is 1.75 bits per heavy atom. The molecule has 0 aromatic heterocycles. The Labute approximate surface area is 155 Å². The highest BCUT2D eigenvalue weighted by molar-refractivity contribution is 5.23. The Balaban J connectivity index is -0.000000113. The van der Waals surface area contributed by atoms with Gasteiger partial charge in [0.1, 0.15) is 0 Å². The van der Waals surface area contributed by atoms with E-state index in [9.17, 15) is 0 Å². The second-order valence-corrected chi connectivity index (χ2v) is 4.39. The first kappa shape index (κ1) is 33.9. The lowest BCUT2D eigenvalue weighted by atomic mass is 9.97. The van der Waals surface area contributed by atoms with Crippen LogP contribution in [-0.2, 0) is 0 Å². The summed E-state index contributed by atoms with van der Waals surface area (Å²) in [4.78, 5) is 0. The summed E-state index contributed by atoms with van der Waals surface area (Å²) in [6, 6.07) is 0. The first-order valence-corrected chi connectivity index (χ1v) is 9.37. The molecule has 0 fully saturated rings. The van der Waals surface area contributed by atoms with Crippen molar-refractivity contribution in [1.29, 1.82) is 0 Å². The SMILES string of the molecule is C=C.C=C/C=C\CC(C)CC(/C=C\C)=C/C=C.CC.CC.CCC. The molecule has 1 atom stereocenters.